The zero-order chi connectivity index (χ0) is 25.3. The van der Waals surface area contributed by atoms with Crippen LogP contribution < -0.4 is 27.4 Å². The van der Waals surface area contributed by atoms with Gasteiger partial charge in [-0.3, -0.25) is 19.2 Å². The van der Waals surface area contributed by atoms with Gasteiger partial charge in [-0.25, -0.2) is 4.79 Å². The molecule has 2 aromatic rings. The fourth-order valence-corrected chi connectivity index (χ4v) is 3.34. The number of rotatable bonds is 13. The number of aliphatic carboxylic acids is 1. The van der Waals surface area contributed by atoms with Crippen LogP contribution in [0.4, 0.5) is 0 Å². The largest absolute Gasteiger partial charge is 0.480 e. The molecule has 1 aromatic heterocycles. The van der Waals surface area contributed by atoms with Crippen molar-refractivity contribution < 1.29 is 29.1 Å². The second-order valence-corrected chi connectivity index (χ2v) is 7.96. The number of carbonyl (C=O) groups is 5. The fourth-order valence-electron chi connectivity index (χ4n) is 3.17. The minimum Gasteiger partial charge on any atom is -0.480 e. The normalized spacial score (nSPS) is 13.5. The number of primary amides is 1. The van der Waals surface area contributed by atoms with Crippen LogP contribution in [0.1, 0.15) is 18.4 Å². The average Bonchev–Trinajstić information content (AvgIpc) is 3.21. The number of carboxylic acid groups (broad SMARTS) is 1. The Balaban J connectivity index is 2.07. The number of thiol groups is 1. The van der Waals surface area contributed by atoms with E-state index in [2.05, 4.69) is 33.6 Å². The minimum absolute atomic E-state index is 0.0670. The van der Waals surface area contributed by atoms with E-state index in [1.54, 1.807) is 6.20 Å². The van der Waals surface area contributed by atoms with Crippen LogP contribution in [0.3, 0.4) is 0 Å². The first-order chi connectivity index (χ1) is 16.1. The van der Waals surface area contributed by atoms with Gasteiger partial charge in [-0.15, -0.1) is 0 Å². The van der Waals surface area contributed by atoms with E-state index in [1.165, 1.54) is 0 Å². The molecule has 12 nitrogen and oxygen atoms in total. The van der Waals surface area contributed by atoms with Gasteiger partial charge in [0.15, 0.2) is 0 Å². The van der Waals surface area contributed by atoms with Crippen LogP contribution in [0.15, 0.2) is 30.5 Å². The fraction of sp³-hybridized carbons (Fsp3) is 0.381. The molecule has 9 N–H and O–H groups in total. The Bertz CT molecular complexity index is 1060. The minimum atomic E-state index is -1.34. The van der Waals surface area contributed by atoms with Gasteiger partial charge in [0.1, 0.15) is 12.1 Å². The molecule has 0 saturated carbocycles. The van der Waals surface area contributed by atoms with Crippen LogP contribution in [0.5, 0.6) is 0 Å². The summed E-state index contributed by atoms with van der Waals surface area (Å²) in [6.45, 7) is -0.544. The summed E-state index contributed by atoms with van der Waals surface area (Å²) in [5.41, 5.74) is 12.3. The molecule has 0 aliphatic rings. The molecule has 4 amide bonds. The lowest BCUT2D eigenvalue weighted by Gasteiger charge is -2.20. The van der Waals surface area contributed by atoms with E-state index in [0.717, 1.165) is 16.5 Å². The molecule has 3 unspecified atom stereocenters. The molecule has 0 aliphatic carbocycles. The topological polar surface area (TPSA) is 209 Å². The SMILES string of the molecule is NC(=O)CCC(NC(=O)CNC(=O)C(Cc1c[nH]c2ccccc12)NC(=O)C(N)CS)C(=O)O. The van der Waals surface area contributed by atoms with Crippen molar-refractivity contribution in [1.82, 2.24) is 20.9 Å². The molecule has 0 aliphatic heterocycles. The van der Waals surface area contributed by atoms with Gasteiger partial charge in [-0.05, 0) is 18.1 Å². The molecule has 1 heterocycles. The quantitative estimate of drug-likeness (QED) is 0.153. The van der Waals surface area contributed by atoms with Crippen LogP contribution in [0.2, 0.25) is 0 Å². The number of nitrogens with two attached hydrogens (primary N) is 2. The Hall–Kier alpha value is -3.58. The predicted octanol–water partition coefficient (Wildman–Crippen LogP) is -1.60. The van der Waals surface area contributed by atoms with Crippen molar-refractivity contribution in [3.8, 4) is 0 Å². The van der Waals surface area contributed by atoms with Crippen LogP contribution >= 0.6 is 12.6 Å². The van der Waals surface area contributed by atoms with Crippen LogP contribution in [0, 0.1) is 0 Å². The number of para-hydroxylation sites is 1. The van der Waals surface area contributed by atoms with E-state index in [1.807, 2.05) is 24.3 Å². The highest BCUT2D eigenvalue weighted by molar-refractivity contribution is 7.80. The lowest BCUT2D eigenvalue weighted by Crippen LogP contribution is -2.54. The Morgan fingerprint density at radius 2 is 1.76 bits per heavy atom. The number of nitrogens with one attached hydrogen (secondary N) is 4. The molecule has 3 atom stereocenters. The second-order valence-electron chi connectivity index (χ2n) is 7.59. The first-order valence-electron chi connectivity index (χ1n) is 10.4. The highest BCUT2D eigenvalue weighted by atomic mass is 32.1. The van der Waals surface area contributed by atoms with E-state index >= 15 is 0 Å². The number of aromatic nitrogens is 1. The van der Waals surface area contributed by atoms with Crippen LogP contribution in [-0.4, -0.2) is 70.1 Å². The summed E-state index contributed by atoms with van der Waals surface area (Å²) < 4.78 is 0. The maximum absolute atomic E-state index is 12.8. The number of carbonyl (C=O) groups excluding carboxylic acids is 4. The van der Waals surface area contributed by atoms with Gasteiger partial charge < -0.3 is 37.5 Å². The van der Waals surface area contributed by atoms with Gasteiger partial charge in [-0.1, -0.05) is 18.2 Å². The molecular weight excluding hydrogens is 464 g/mol. The van der Waals surface area contributed by atoms with Gasteiger partial charge in [0.05, 0.1) is 12.6 Å². The summed E-state index contributed by atoms with van der Waals surface area (Å²) in [5.74, 6) is -4.01. The van der Waals surface area contributed by atoms with E-state index in [0.29, 0.717) is 0 Å². The van der Waals surface area contributed by atoms with Crippen molar-refractivity contribution >= 4 is 53.1 Å². The van der Waals surface area contributed by atoms with Crippen LogP contribution in [0.25, 0.3) is 10.9 Å². The number of aromatic amines is 1. The van der Waals surface area contributed by atoms with E-state index in [9.17, 15) is 29.1 Å². The summed E-state index contributed by atoms with van der Waals surface area (Å²) in [4.78, 5) is 62.6. The van der Waals surface area contributed by atoms with E-state index in [4.69, 9.17) is 11.5 Å². The smallest absolute Gasteiger partial charge is 0.326 e. The molecule has 34 heavy (non-hydrogen) atoms. The summed E-state index contributed by atoms with van der Waals surface area (Å²) in [5, 5.41) is 17.2. The first-order valence-corrected chi connectivity index (χ1v) is 11.1. The molecule has 184 valence electrons. The molecule has 13 heteroatoms. The lowest BCUT2D eigenvalue weighted by atomic mass is 10.0. The Labute approximate surface area is 200 Å². The van der Waals surface area contributed by atoms with E-state index < -0.39 is 54.3 Å². The monoisotopic (exact) mass is 492 g/mol. The molecule has 0 fully saturated rings. The van der Waals surface area contributed by atoms with E-state index in [-0.39, 0.29) is 25.0 Å². The van der Waals surface area contributed by atoms with Crippen LogP contribution in [-0.2, 0) is 30.4 Å². The first kappa shape index (κ1) is 26.7. The van der Waals surface area contributed by atoms with Gasteiger partial charge >= 0.3 is 5.97 Å². The summed E-state index contributed by atoms with van der Waals surface area (Å²) >= 11 is 3.99. The third-order valence-corrected chi connectivity index (χ3v) is 5.39. The van der Waals surface area contributed by atoms with Gasteiger partial charge in [-0.2, -0.15) is 12.6 Å². The van der Waals surface area contributed by atoms with Crippen molar-refractivity contribution in [2.75, 3.05) is 12.3 Å². The molecule has 1 aromatic carbocycles. The second kappa shape index (κ2) is 12.6. The molecule has 0 spiro atoms. The van der Waals surface area contributed by atoms with Crippen molar-refractivity contribution in [2.24, 2.45) is 11.5 Å². The average molecular weight is 493 g/mol. The number of hydrogen-bond acceptors (Lipinski definition) is 7. The number of fused-ring (bicyclic) bond motifs is 1. The van der Waals surface area contributed by atoms with Gasteiger partial charge in [0, 0.05) is 35.7 Å². The highest BCUT2D eigenvalue weighted by Crippen LogP contribution is 2.19. The number of benzene rings is 1. The van der Waals surface area contributed by atoms with Crippen molar-refractivity contribution in [3.05, 3.63) is 36.0 Å². The molecule has 0 radical (unpaired) electrons. The van der Waals surface area contributed by atoms with Gasteiger partial charge in [0.2, 0.25) is 23.6 Å². The number of hydrogen-bond donors (Lipinski definition) is 8. The summed E-state index contributed by atoms with van der Waals surface area (Å²) in [6.07, 6.45) is 1.41. The third-order valence-electron chi connectivity index (χ3n) is 5.00. The maximum Gasteiger partial charge on any atom is 0.326 e. The molecule has 0 saturated heterocycles. The number of amides is 4. The zero-order valence-electron chi connectivity index (χ0n) is 18.2. The molecule has 0 bridgehead atoms. The molecular formula is C21H28N6O6S. The lowest BCUT2D eigenvalue weighted by molar-refractivity contribution is -0.142. The maximum atomic E-state index is 12.8. The number of carboxylic acids is 1. The van der Waals surface area contributed by atoms with Crippen molar-refractivity contribution in [1.29, 1.82) is 0 Å². The summed E-state index contributed by atoms with van der Waals surface area (Å²) in [6, 6.07) is 4.08. The van der Waals surface area contributed by atoms with Gasteiger partial charge in [0.25, 0.3) is 0 Å². The Morgan fingerprint density at radius 1 is 1.06 bits per heavy atom. The predicted molar refractivity (Wildman–Crippen MR) is 127 cm³/mol. The summed E-state index contributed by atoms with van der Waals surface area (Å²) in [7, 11) is 0. The third kappa shape index (κ3) is 7.78. The zero-order valence-corrected chi connectivity index (χ0v) is 19.1. The molecule has 2 rings (SSSR count). The standard InChI is InChI=1S/C21H28N6O6S/c22-13(10-34)19(30)27-16(7-11-8-24-14-4-2-1-3-12(11)14)20(31)25-9-18(29)26-15(21(32)33)5-6-17(23)28/h1-4,8,13,15-16,24,34H,5-7,9-10,22H2,(H2,23,28)(H,25,31)(H,26,29)(H,27,30)(H,32,33). The number of H-pyrrole nitrogens is 1. The Morgan fingerprint density at radius 3 is 2.41 bits per heavy atom. The van der Waals surface area contributed by atoms with Crippen molar-refractivity contribution in [3.63, 3.8) is 0 Å². The Kier molecular flexibility index (Phi) is 9.89. The van der Waals surface area contributed by atoms with Crippen molar-refractivity contribution in [2.45, 2.75) is 37.4 Å². The highest BCUT2D eigenvalue weighted by Gasteiger charge is 2.26.